The van der Waals surface area contributed by atoms with Gasteiger partial charge in [0.05, 0.1) is 6.10 Å². The highest BCUT2D eigenvalue weighted by Gasteiger charge is 2.30. The first kappa shape index (κ1) is 11.4. The summed E-state index contributed by atoms with van der Waals surface area (Å²) in [5.41, 5.74) is 0. The summed E-state index contributed by atoms with van der Waals surface area (Å²) in [7, 11) is 0. The zero-order valence-electron chi connectivity index (χ0n) is 10.1. The van der Waals surface area contributed by atoms with Crippen LogP contribution in [0.1, 0.15) is 64.7 Å². The Balaban J connectivity index is 1.79. The van der Waals surface area contributed by atoms with Crippen molar-refractivity contribution in [3.8, 4) is 0 Å². The van der Waals surface area contributed by atoms with E-state index in [2.05, 4.69) is 6.92 Å². The van der Waals surface area contributed by atoms with Crippen molar-refractivity contribution in [3.63, 3.8) is 0 Å². The zero-order valence-corrected chi connectivity index (χ0v) is 10.1. The van der Waals surface area contributed by atoms with Crippen LogP contribution < -0.4 is 0 Å². The number of aliphatic hydroxyl groups excluding tert-OH is 1. The van der Waals surface area contributed by atoms with Crippen molar-refractivity contribution < 1.29 is 5.11 Å². The Bertz CT molecular complexity index is 182. The summed E-state index contributed by atoms with van der Waals surface area (Å²) in [6.45, 7) is 2.33. The van der Waals surface area contributed by atoms with Crippen LogP contribution in [-0.2, 0) is 0 Å². The Morgan fingerprint density at radius 3 is 2.27 bits per heavy atom. The Kier molecular flexibility index (Phi) is 4.07. The van der Waals surface area contributed by atoms with Crippen LogP contribution >= 0.6 is 0 Å². The van der Waals surface area contributed by atoms with Crippen LogP contribution in [0.4, 0.5) is 0 Å². The molecule has 88 valence electrons. The molecular formula is C14H26O. The lowest BCUT2D eigenvalue weighted by molar-refractivity contribution is 0.0644. The summed E-state index contributed by atoms with van der Waals surface area (Å²) in [4.78, 5) is 0. The van der Waals surface area contributed by atoms with Crippen molar-refractivity contribution >= 4 is 0 Å². The van der Waals surface area contributed by atoms with Gasteiger partial charge in [0.1, 0.15) is 0 Å². The number of rotatable bonds is 2. The second-order valence-electron chi connectivity index (χ2n) is 5.77. The maximum atomic E-state index is 9.71. The predicted molar refractivity (Wildman–Crippen MR) is 63.7 cm³/mol. The molecule has 0 aromatic rings. The highest BCUT2D eigenvalue weighted by atomic mass is 16.3. The van der Waals surface area contributed by atoms with E-state index < -0.39 is 0 Å². The molecule has 0 heterocycles. The van der Waals surface area contributed by atoms with Gasteiger partial charge < -0.3 is 5.11 Å². The lowest BCUT2D eigenvalue weighted by atomic mass is 9.70. The molecule has 0 amide bonds. The molecule has 15 heavy (non-hydrogen) atoms. The standard InChI is InChI=1S/C14H26O/c1-2-11-6-8-12(9-7-11)13-4-3-5-14(15)10-13/h11-15H,2-10H2,1H3/t11?,12?,13-,14-/m1/s1. The van der Waals surface area contributed by atoms with Crippen molar-refractivity contribution in [2.24, 2.45) is 17.8 Å². The largest absolute Gasteiger partial charge is 0.393 e. The molecule has 0 aromatic heterocycles. The van der Waals surface area contributed by atoms with Crippen LogP contribution in [0.3, 0.4) is 0 Å². The van der Waals surface area contributed by atoms with E-state index in [-0.39, 0.29) is 6.10 Å². The van der Waals surface area contributed by atoms with Gasteiger partial charge in [0.25, 0.3) is 0 Å². The molecule has 1 N–H and O–H groups in total. The van der Waals surface area contributed by atoms with Gasteiger partial charge in [0.2, 0.25) is 0 Å². The quantitative estimate of drug-likeness (QED) is 0.736. The van der Waals surface area contributed by atoms with Crippen LogP contribution in [0.15, 0.2) is 0 Å². The second kappa shape index (κ2) is 5.34. The first-order valence-electron chi connectivity index (χ1n) is 6.97. The lowest BCUT2D eigenvalue weighted by Crippen LogP contribution is -2.28. The average Bonchev–Trinajstić information content (AvgIpc) is 2.29. The second-order valence-corrected chi connectivity index (χ2v) is 5.77. The normalized spacial score (nSPS) is 42.8. The molecule has 2 aliphatic carbocycles. The van der Waals surface area contributed by atoms with Gasteiger partial charge in [0, 0.05) is 0 Å². The van der Waals surface area contributed by atoms with Crippen LogP contribution in [-0.4, -0.2) is 11.2 Å². The van der Waals surface area contributed by atoms with Gasteiger partial charge in [-0.2, -0.15) is 0 Å². The minimum atomic E-state index is 0.0210. The first-order chi connectivity index (χ1) is 7.29. The molecule has 0 aliphatic heterocycles. The van der Waals surface area contributed by atoms with E-state index in [9.17, 15) is 5.11 Å². The fraction of sp³-hybridized carbons (Fsp3) is 1.00. The van der Waals surface area contributed by atoms with Gasteiger partial charge in [-0.1, -0.05) is 32.6 Å². The number of aliphatic hydroxyl groups is 1. The summed E-state index contributed by atoms with van der Waals surface area (Å²) in [6, 6.07) is 0. The van der Waals surface area contributed by atoms with E-state index in [0.29, 0.717) is 0 Å². The summed E-state index contributed by atoms with van der Waals surface area (Å²) < 4.78 is 0. The maximum absolute atomic E-state index is 9.71. The van der Waals surface area contributed by atoms with E-state index in [0.717, 1.165) is 30.6 Å². The average molecular weight is 210 g/mol. The summed E-state index contributed by atoms with van der Waals surface area (Å²) in [5, 5.41) is 9.71. The van der Waals surface area contributed by atoms with Gasteiger partial charge in [-0.15, -0.1) is 0 Å². The summed E-state index contributed by atoms with van der Waals surface area (Å²) in [5.74, 6) is 2.81. The highest BCUT2D eigenvalue weighted by Crippen LogP contribution is 2.40. The zero-order chi connectivity index (χ0) is 10.7. The topological polar surface area (TPSA) is 20.2 Å². The fourth-order valence-corrected chi connectivity index (χ4v) is 3.70. The van der Waals surface area contributed by atoms with Crippen molar-refractivity contribution in [1.82, 2.24) is 0 Å². The fourth-order valence-electron chi connectivity index (χ4n) is 3.70. The third kappa shape index (κ3) is 2.96. The molecule has 0 spiro atoms. The third-order valence-corrected chi connectivity index (χ3v) is 4.82. The minimum Gasteiger partial charge on any atom is -0.393 e. The predicted octanol–water partition coefficient (Wildman–Crippen LogP) is 3.75. The molecule has 2 atom stereocenters. The van der Waals surface area contributed by atoms with Crippen LogP contribution in [0.5, 0.6) is 0 Å². The van der Waals surface area contributed by atoms with Crippen molar-refractivity contribution in [3.05, 3.63) is 0 Å². The smallest absolute Gasteiger partial charge is 0.0543 e. The van der Waals surface area contributed by atoms with E-state index in [1.165, 1.54) is 44.9 Å². The minimum absolute atomic E-state index is 0.0210. The first-order valence-corrected chi connectivity index (χ1v) is 6.97. The van der Waals surface area contributed by atoms with Crippen molar-refractivity contribution in [2.75, 3.05) is 0 Å². The van der Waals surface area contributed by atoms with Crippen molar-refractivity contribution in [2.45, 2.75) is 70.8 Å². The molecule has 0 aromatic carbocycles. The molecular weight excluding hydrogens is 184 g/mol. The maximum Gasteiger partial charge on any atom is 0.0543 e. The van der Waals surface area contributed by atoms with E-state index in [1.54, 1.807) is 0 Å². The van der Waals surface area contributed by atoms with Gasteiger partial charge in [-0.3, -0.25) is 0 Å². The van der Waals surface area contributed by atoms with Crippen LogP contribution in [0.2, 0.25) is 0 Å². The highest BCUT2D eigenvalue weighted by molar-refractivity contribution is 4.81. The Morgan fingerprint density at radius 2 is 1.67 bits per heavy atom. The summed E-state index contributed by atoms with van der Waals surface area (Å²) >= 11 is 0. The van der Waals surface area contributed by atoms with Gasteiger partial charge in [-0.25, -0.2) is 0 Å². The van der Waals surface area contributed by atoms with E-state index in [4.69, 9.17) is 0 Å². The van der Waals surface area contributed by atoms with Crippen molar-refractivity contribution in [1.29, 1.82) is 0 Å². The molecule has 2 fully saturated rings. The SMILES string of the molecule is CCC1CCC([C@@H]2CCC[C@@H](O)C2)CC1. The molecule has 2 saturated carbocycles. The molecule has 0 unspecified atom stereocenters. The molecule has 2 rings (SSSR count). The van der Waals surface area contributed by atoms with E-state index >= 15 is 0 Å². The number of hydrogen-bond donors (Lipinski definition) is 1. The molecule has 2 aliphatic rings. The van der Waals surface area contributed by atoms with Crippen LogP contribution in [0, 0.1) is 17.8 Å². The Labute approximate surface area is 94.3 Å². The molecule has 1 heteroatoms. The Hall–Kier alpha value is -0.0400. The van der Waals surface area contributed by atoms with Gasteiger partial charge >= 0.3 is 0 Å². The molecule has 0 bridgehead atoms. The summed E-state index contributed by atoms with van der Waals surface area (Å²) in [6.07, 6.45) is 12.0. The molecule has 1 nitrogen and oxygen atoms in total. The monoisotopic (exact) mass is 210 g/mol. The number of hydrogen-bond acceptors (Lipinski definition) is 1. The Morgan fingerprint density at radius 1 is 0.933 bits per heavy atom. The van der Waals surface area contributed by atoms with E-state index in [1.807, 2.05) is 0 Å². The van der Waals surface area contributed by atoms with Gasteiger partial charge in [0.15, 0.2) is 0 Å². The molecule has 0 saturated heterocycles. The van der Waals surface area contributed by atoms with Gasteiger partial charge in [-0.05, 0) is 49.9 Å². The third-order valence-electron chi connectivity index (χ3n) is 4.82. The lowest BCUT2D eigenvalue weighted by Gasteiger charge is -2.37. The molecule has 0 radical (unpaired) electrons. The van der Waals surface area contributed by atoms with Crippen LogP contribution in [0.25, 0.3) is 0 Å².